The standard InChI is InChI=1S/C11H14N2O4/c1-7-4-5-8(13(16)17)6-9(7)12-11(2,3)10(14)15/h4-6,12H,1-3H3,(H,14,15). The van der Waals surface area contributed by atoms with Crippen molar-refractivity contribution in [2.45, 2.75) is 26.3 Å². The highest BCUT2D eigenvalue weighted by Gasteiger charge is 2.27. The Morgan fingerprint density at radius 1 is 1.47 bits per heavy atom. The van der Waals surface area contributed by atoms with E-state index < -0.39 is 16.4 Å². The van der Waals surface area contributed by atoms with Crippen LogP contribution in [0.3, 0.4) is 0 Å². The van der Waals surface area contributed by atoms with Crippen molar-refractivity contribution in [3.8, 4) is 0 Å². The number of rotatable bonds is 4. The lowest BCUT2D eigenvalue weighted by atomic mass is 10.0. The van der Waals surface area contributed by atoms with Gasteiger partial charge in [-0.05, 0) is 26.3 Å². The lowest BCUT2D eigenvalue weighted by Gasteiger charge is -2.23. The molecule has 1 rings (SSSR count). The van der Waals surface area contributed by atoms with Crippen molar-refractivity contribution in [1.82, 2.24) is 0 Å². The average Bonchev–Trinajstić information content (AvgIpc) is 2.20. The Morgan fingerprint density at radius 2 is 2.06 bits per heavy atom. The minimum Gasteiger partial charge on any atom is -0.480 e. The molecule has 0 saturated heterocycles. The van der Waals surface area contributed by atoms with E-state index in [1.54, 1.807) is 13.0 Å². The molecule has 6 nitrogen and oxygen atoms in total. The van der Waals surface area contributed by atoms with Gasteiger partial charge < -0.3 is 10.4 Å². The molecule has 0 aliphatic carbocycles. The van der Waals surface area contributed by atoms with E-state index in [0.29, 0.717) is 5.69 Å². The first kappa shape index (κ1) is 13.0. The number of carboxylic acids is 1. The molecule has 0 aromatic heterocycles. The van der Waals surface area contributed by atoms with Crippen LogP contribution in [0.4, 0.5) is 11.4 Å². The van der Waals surface area contributed by atoms with Crippen LogP contribution in [0.25, 0.3) is 0 Å². The number of aliphatic carboxylic acids is 1. The summed E-state index contributed by atoms with van der Waals surface area (Å²) in [6.45, 7) is 4.74. The number of nitrogens with zero attached hydrogens (tertiary/aromatic N) is 1. The van der Waals surface area contributed by atoms with Crippen molar-refractivity contribution in [2.24, 2.45) is 0 Å². The molecule has 2 N–H and O–H groups in total. The van der Waals surface area contributed by atoms with Gasteiger partial charge in [0.05, 0.1) is 4.92 Å². The molecule has 0 amide bonds. The SMILES string of the molecule is Cc1ccc([N+](=O)[O-])cc1NC(C)(C)C(=O)O. The second-order valence-electron chi connectivity index (χ2n) is 4.31. The van der Waals surface area contributed by atoms with E-state index in [1.807, 2.05) is 0 Å². The lowest BCUT2D eigenvalue weighted by Crippen LogP contribution is -2.40. The van der Waals surface area contributed by atoms with Crippen LogP contribution in [0.5, 0.6) is 0 Å². The van der Waals surface area contributed by atoms with E-state index in [9.17, 15) is 14.9 Å². The van der Waals surface area contributed by atoms with Gasteiger partial charge in [-0.2, -0.15) is 0 Å². The number of nitro benzene ring substituents is 1. The molecule has 0 spiro atoms. The summed E-state index contributed by atoms with van der Waals surface area (Å²) in [5, 5.41) is 22.4. The molecule has 0 bridgehead atoms. The third-order valence-corrected chi connectivity index (χ3v) is 2.41. The Kier molecular flexibility index (Phi) is 3.36. The minimum absolute atomic E-state index is 0.0701. The second-order valence-corrected chi connectivity index (χ2v) is 4.31. The van der Waals surface area contributed by atoms with E-state index in [0.717, 1.165) is 5.56 Å². The quantitative estimate of drug-likeness (QED) is 0.619. The second kappa shape index (κ2) is 4.40. The van der Waals surface area contributed by atoms with Gasteiger partial charge in [-0.25, -0.2) is 4.79 Å². The number of hydrogen-bond acceptors (Lipinski definition) is 4. The van der Waals surface area contributed by atoms with Crippen molar-refractivity contribution < 1.29 is 14.8 Å². The Labute approximate surface area is 98.4 Å². The summed E-state index contributed by atoms with van der Waals surface area (Å²) >= 11 is 0. The summed E-state index contributed by atoms with van der Waals surface area (Å²) in [7, 11) is 0. The van der Waals surface area contributed by atoms with Crippen LogP contribution in [0, 0.1) is 17.0 Å². The largest absolute Gasteiger partial charge is 0.480 e. The maximum Gasteiger partial charge on any atom is 0.328 e. The molecule has 0 unspecified atom stereocenters. The molecule has 0 radical (unpaired) electrons. The molecule has 0 atom stereocenters. The first-order chi connectivity index (χ1) is 7.74. The molecule has 1 aromatic rings. The maximum atomic E-state index is 11.0. The van der Waals surface area contributed by atoms with E-state index in [1.165, 1.54) is 26.0 Å². The number of nitrogens with one attached hydrogen (secondary N) is 1. The van der Waals surface area contributed by atoms with Crippen molar-refractivity contribution in [2.75, 3.05) is 5.32 Å². The topological polar surface area (TPSA) is 92.5 Å². The molecule has 0 saturated carbocycles. The van der Waals surface area contributed by atoms with Crippen LogP contribution in [-0.4, -0.2) is 21.5 Å². The Morgan fingerprint density at radius 3 is 2.53 bits per heavy atom. The van der Waals surface area contributed by atoms with Gasteiger partial charge in [0.25, 0.3) is 5.69 Å². The predicted molar refractivity (Wildman–Crippen MR) is 63.2 cm³/mol. The molecular weight excluding hydrogens is 224 g/mol. The highest BCUT2D eigenvalue weighted by Crippen LogP contribution is 2.24. The van der Waals surface area contributed by atoms with Gasteiger partial charge in [0.15, 0.2) is 0 Å². The third-order valence-electron chi connectivity index (χ3n) is 2.41. The van der Waals surface area contributed by atoms with Gasteiger partial charge in [0, 0.05) is 17.8 Å². The van der Waals surface area contributed by atoms with E-state index in [-0.39, 0.29) is 5.69 Å². The zero-order valence-electron chi connectivity index (χ0n) is 9.85. The van der Waals surface area contributed by atoms with E-state index >= 15 is 0 Å². The van der Waals surface area contributed by atoms with Crippen molar-refractivity contribution in [3.63, 3.8) is 0 Å². The summed E-state index contributed by atoms with van der Waals surface area (Å²) in [6.07, 6.45) is 0. The molecule has 17 heavy (non-hydrogen) atoms. The van der Waals surface area contributed by atoms with Crippen LogP contribution >= 0.6 is 0 Å². The predicted octanol–water partition coefficient (Wildman–Crippen LogP) is 2.18. The number of carbonyl (C=O) groups is 1. The fraction of sp³-hybridized carbons (Fsp3) is 0.364. The first-order valence-corrected chi connectivity index (χ1v) is 5.00. The third kappa shape index (κ3) is 2.93. The van der Waals surface area contributed by atoms with Crippen LogP contribution in [0.1, 0.15) is 19.4 Å². The summed E-state index contributed by atoms with van der Waals surface area (Å²) < 4.78 is 0. The smallest absolute Gasteiger partial charge is 0.328 e. The minimum atomic E-state index is -1.18. The Hall–Kier alpha value is -2.11. The molecule has 92 valence electrons. The van der Waals surface area contributed by atoms with Crippen molar-refractivity contribution >= 4 is 17.3 Å². The molecule has 1 aromatic carbocycles. The number of carboxylic acid groups (broad SMARTS) is 1. The summed E-state index contributed by atoms with van der Waals surface area (Å²) in [5.74, 6) is -1.02. The van der Waals surface area contributed by atoms with Crippen LogP contribution in [-0.2, 0) is 4.79 Å². The fourth-order valence-corrected chi connectivity index (χ4v) is 1.25. The Bertz CT molecular complexity index is 469. The fourth-order valence-electron chi connectivity index (χ4n) is 1.25. The normalized spacial score (nSPS) is 11.0. The van der Waals surface area contributed by atoms with Gasteiger partial charge in [-0.1, -0.05) is 6.07 Å². The molecular formula is C11H14N2O4. The van der Waals surface area contributed by atoms with Crippen molar-refractivity contribution in [1.29, 1.82) is 0 Å². The molecule has 0 heterocycles. The van der Waals surface area contributed by atoms with E-state index in [2.05, 4.69) is 5.32 Å². The van der Waals surface area contributed by atoms with Gasteiger partial charge in [0.1, 0.15) is 5.54 Å². The summed E-state index contributed by atoms with van der Waals surface area (Å²) in [6, 6.07) is 4.30. The highest BCUT2D eigenvalue weighted by atomic mass is 16.6. The number of anilines is 1. The maximum absolute atomic E-state index is 11.0. The van der Waals surface area contributed by atoms with Crippen LogP contribution in [0.2, 0.25) is 0 Å². The zero-order chi connectivity index (χ0) is 13.2. The summed E-state index contributed by atoms with van der Waals surface area (Å²) in [4.78, 5) is 21.1. The van der Waals surface area contributed by atoms with Crippen molar-refractivity contribution in [3.05, 3.63) is 33.9 Å². The number of nitro groups is 1. The van der Waals surface area contributed by atoms with Gasteiger partial charge >= 0.3 is 5.97 Å². The Balaban J connectivity index is 3.10. The van der Waals surface area contributed by atoms with Crippen LogP contribution in [0.15, 0.2) is 18.2 Å². The average molecular weight is 238 g/mol. The number of benzene rings is 1. The molecule has 0 fully saturated rings. The van der Waals surface area contributed by atoms with Crippen LogP contribution < -0.4 is 5.32 Å². The van der Waals surface area contributed by atoms with Gasteiger partial charge in [-0.3, -0.25) is 10.1 Å². The first-order valence-electron chi connectivity index (χ1n) is 5.00. The number of aryl methyl sites for hydroxylation is 1. The highest BCUT2D eigenvalue weighted by molar-refractivity contribution is 5.82. The molecule has 0 aliphatic rings. The zero-order valence-corrected chi connectivity index (χ0v) is 9.85. The molecule has 0 aliphatic heterocycles. The van der Waals surface area contributed by atoms with E-state index in [4.69, 9.17) is 5.11 Å². The monoisotopic (exact) mass is 238 g/mol. The number of hydrogen-bond donors (Lipinski definition) is 2. The summed E-state index contributed by atoms with van der Waals surface area (Å²) in [5.41, 5.74) is -0.0456. The lowest BCUT2D eigenvalue weighted by molar-refractivity contribution is -0.384. The number of non-ortho nitro benzene ring substituents is 1. The van der Waals surface area contributed by atoms with Gasteiger partial charge in [0.2, 0.25) is 0 Å². The van der Waals surface area contributed by atoms with Gasteiger partial charge in [-0.15, -0.1) is 0 Å². The molecule has 6 heteroatoms.